The maximum absolute atomic E-state index is 11.1. The van der Waals surface area contributed by atoms with Crippen LogP contribution in [-0.4, -0.2) is 11.4 Å². The molecule has 1 N–H and O–H groups in total. The average Bonchev–Trinajstić information content (AvgIpc) is 2.46. The van der Waals surface area contributed by atoms with Gasteiger partial charge in [0.15, 0.2) is 0 Å². The van der Waals surface area contributed by atoms with Gasteiger partial charge in [0.05, 0.1) is 12.0 Å². The van der Waals surface area contributed by atoms with E-state index in [1.165, 1.54) is 16.2 Å². The van der Waals surface area contributed by atoms with E-state index in [0.29, 0.717) is 0 Å². The van der Waals surface area contributed by atoms with E-state index in [2.05, 4.69) is 18.2 Å². The van der Waals surface area contributed by atoms with Crippen molar-refractivity contribution in [3.05, 3.63) is 53.2 Å². The van der Waals surface area contributed by atoms with Gasteiger partial charge in [-0.25, -0.2) is 0 Å². The van der Waals surface area contributed by atoms with Gasteiger partial charge in [0.2, 0.25) is 0 Å². The van der Waals surface area contributed by atoms with E-state index in [9.17, 15) is 9.90 Å². The summed E-state index contributed by atoms with van der Waals surface area (Å²) in [6, 6.07) is 14.3. The number of hydrogen-bond donors (Lipinski definition) is 1. The van der Waals surface area contributed by atoms with E-state index in [0.717, 1.165) is 22.5 Å². The Balaban J connectivity index is 2.29. The zero-order chi connectivity index (χ0) is 13.0. The second kappa shape index (κ2) is 3.65. The van der Waals surface area contributed by atoms with Gasteiger partial charge in [-0.1, -0.05) is 48.5 Å². The molecule has 4 rings (SSSR count). The van der Waals surface area contributed by atoms with E-state index in [1.807, 2.05) is 30.3 Å². The maximum Gasteiger partial charge on any atom is 0.129 e. The van der Waals surface area contributed by atoms with Crippen LogP contribution in [0.15, 0.2) is 42.5 Å². The summed E-state index contributed by atoms with van der Waals surface area (Å²) < 4.78 is 0. The number of rotatable bonds is 1. The molecule has 0 aromatic heterocycles. The molecule has 0 saturated carbocycles. The number of hydrogen-bond acceptors (Lipinski definition) is 2. The van der Waals surface area contributed by atoms with E-state index in [-0.39, 0.29) is 0 Å². The van der Waals surface area contributed by atoms with Gasteiger partial charge in [0, 0.05) is 0 Å². The van der Waals surface area contributed by atoms with Crippen LogP contribution in [0.3, 0.4) is 0 Å². The minimum Gasteiger partial charge on any atom is -0.387 e. The van der Waals surface area contributed by atoms with E-state index in [4.69, 9.17) is 0 Å². The summed E-state index contributed by atoms with van der Waals surface area (Å²) in [6.07, 6.45) is 1.95. The van der Waals surface area contributed by atoms with Gasteiger partial charge in [-0.05, 0) is 32.3 Å². The first-order valence-corrected chi connectivity index (χ1v) is 6.39. The van der Waals surface area contributed by atoms with Crippen LogP contribution in [0.1, 0.15) is 11.7 Å². The molecule has 92 valence electrons. The quantitative estimate of drug-likeness (QED) is 0.671. The van der Waals surface area contributed by atoms with Crippen LogP contribution >= 0.6 is 0 Å². The largest absolute Gasteiger partial charge is 0.387 e. The second-order valence-corrected chi connectivity index (χ2v) is 5.09. The lowest BCUT2D eigenvalue weighted by atomic mass is 9.84. The molecule has 0 bridgehead atoms. The van der Waals surface area contributed by atoms with Crippen LogP contribution in [-0.2, 0) is 4.79 Å². The van der Waals surface area contributed by atoms with Gasteiger partial charge >= 0.3 is 0 Å². The highest BCUT2D eigenvalue weighted by Gasteiger charge is 2.25. The maximum atomic E-state index is 11.1. The number of aldehydes is 1. The number of carbonyl (C=O) groups excluding carboxylic acids is 1. The predicted molar refractivity (Wildman–Crippen MR) is 75.7 cm³/mol. The smallest absolute Gasteiger partial charge is 0.129 e. The van der Waals surface area contributed by atoms with Crippen LogP contribution in [0.25, 0.3) is 27.6 Å². The van der Waals surface area contributed by atoms with Crippen molar-refractivity contribution in [2.45, 2.75) is 6.10 Å². The van der Waals surface area contributed by atoms with Crippen molar-refractivity contribution < 1.29 is 9.90 Å². The van der Waals surface area contributed by atoms with Crippen molar-refractivity contribution in [3.63, 3.8) is 0 Å². The first kappa shape index (κ1) is 10.7. The molecule has 1 aliphatic rings. The third kappa shape index (κ3) is 1.32. The molecule has 0 amide bonds. The third-order valence-corrected chi connectivity index (χ3v) is 4.05. The van der Waals surface area contributed by atoms with Crippen LogP contribution in [0.5, 0.6) is 0 Å². The van der Waals surface area contributed by atoms with Gasteiger partial charge in [-0.3, -0.25) is 0 Å². The summed E-state index contributed by atoms with van der Waals surface area (Å²) in [4.78, 5) is 11.1. The number of aliphatic hydroxyl groups excluding tert-OH is 1. The summed E-state index contributed by atoms with van der Waals surface area (Å²) in [6.45, 7) is 0. The van der Waals surface area contributed by atoms with E-state index in [1.54, 1.807) is 0 Å². The first-order valence-electron chi connectivity index (χ1n) is 6.39. The Bertz CT molecular complexity index is 848. The van der Waals surface area contributed by atoms with Crippen LogP contribution in [0, 0.1) is 5.92 Å². The summed E-state index contributed by atoms with van der Waals surface area (Å²) in [5.74, 6) is -0.449. The summed E-state index contributed by atoms with van der Waals surface area (Å²) in [7, 11) is 0. The topological polar surface area (TPSA) is 37.3 Å². The monoisotopic (exact) mass is 248 g/mol. The number of benzene rings is 3. The highest BCUT2D eigenvalue weighted by Crippen LogP contribution is 2.35. The Morgan fingerprint density at radius 3 is 2.42 bits per heavy atom. The molecule has 2 atom stereocenters. The van der Waals surface area contributed by atoms with Crippen molar-refractivity contribution >= 4 is 33.9 Å². The number of carbonyl (C=O) groups is 1. The normalized spacial score (nSPS) is 21.5. The van der Waals surface area contributed by atoms with Gasteiger partial charge in [0.25, 0.3) is 0 Å². The van der Waals surface area contributed by atoms with Crippen LogP contribution in [0.2, 0.25) is 0 Å². The minimum atomic E-state index is -0.736. The molecule has 0 spiro atoms. The van der Waals surface area contributed by atoms with Crippen molar-refractivity contribution in [3.8, 4) is 0 Å². The molecule has 0 aliphatic heterocycles. The Labute approximate surface area is 110 Å². The lowest BCUT2D eigenvalue weighted by molar-refractivity contribution is -0.112. The summed E-state index contributed by atoms with van der Waals surface area (Å²) >= 11 is 0. The first-order chi connectivity index (χ1) is 9.29. The zero-order valence-corrected chi connectivity index (χ0v) is 10.2. The molecular weight excluding hydrogens is 236 g/mol. The molecule has 2 nitrogen and oxygen atoms in total. The van der Waals surface area contributed by atoms with E-state index < -0.39 is 12.0 Å². The summed E-state index contributed by atoms with van der Waals surface area (Å²) in [5.41, 5.74) is 0.860. The summed E-state index contributed by atoms with van der Waals surface area (Å²) in [5, 5.41) is 16.0. The molecule has 2 unspecified atom stereocenters. The Kier molecular flexibility index (Phi) is 2.06. The Hall–Kier alpha value is -2.19. The third-order valence-electron chi connectivity index (χ3n) is 4.05. The predicted octanol–water partition coefficient (Wildman–Crippen LogP) is 2.35. The number of aliphatic hydroxyl groups is 1. The second-order valence-electron chi connectivity index (χ2n) is 5.09. The lowest BCUT2D eigenvalue weighted by Crippen LogP contribution is -2.22. The van der Waals surface area contributed by atoms with Gasteiger partial charge in [0.1, 0.15) is 6.29 Å². The fraction of sp³-hybridized carbons (Fsp3) is 0.118. The molecule has 0 fully saturated rings. The van der Waals surface area contributed by atoms with Crippen molar-refractivity contribution in [2.75, 3.05) is 0 Å². The van der Waals surface area contributed by atoms with Crippen molar-refractivity contribution in [1.82, 2.24) is 0 Å². The van der Waals surface area contributed by atoms with Crippen LogP contribution in [0.4, 0.5) is 0 Å². The SMILES string of the molecule is O=CC1C=c2ccc3cccc4ccc(c2c43)C1O. The molecule has 0 radical (unpaired) electrons. The Morgan fingerprint density at radius 1 is 0.947 bits per heavy atom. The minimum absolute atomic E-state index is 0.449. The van der Waals surface area contributed by atoms with Gasteiger partial charge < -0.3 is 9.90 Å². The van der Waals surface area contributed by atoms with Crippen LogP contribution < -0.4 is 5.22 Å². The Morgan fingerprint density at radius 2 is 1.68 bits per heavy atom. The fourth-order valence-corrected chi connectivity index (χ4v) is 3.14. The fourth-order valence-electron chi connectivity index (χ4n) is 3.14. The highest BCUT2D eigenvalue weighted by molar-refractivity contribution is 6.12. The van der Waals surface area contributed by atoms with Crippen molar-refractivity contribution in [1.29, 1.82) is 0 Å². The molecule has 0 saturated heterocycles. The molecule has 2 heteroatoms. The molecular formula is C17H12O2. The molecule has 0 heterocycles. The van der Waals surface area contributed by atoms with E-state index >= 15 is 0 Å². The molecule has 3 aromatic carbocycles. The zero-order valence-electron chi connectivity index (χ0n) is 10.2. The van der Waals surface area contributed by atoms with Gasteiger partial charge in [-0.15, -0.1) is 0 Å². The van der Waals surface area contributed by atoms with Gasteiger partial charge in [-0.2, -0.15) is 0 Å². The molecule has 3 aromatic rings. The molecule has 1 aliphatic carbocycles. The standard InChI is InChI=1S/C17H12O2/c18-9-13-8-12-5-4-10-2-1-3-11-6-7-14(17(13)19)16(12)15(10)11/h1-9,13,17,19H. The molecule has 19 heavy (non-hydrogen) atoms. The van der Waals surface area contributed by atoms with Crippen molar-refractivity contribution in [2.24, 2.45) is 5.92 Å². The lowest BCUT2D eigenvalue weighted by Gasteiger charge is -2.23. The average molecular weight is 248 g/mol. The highest BCUT2D eigenvalue weighted by atomic mass is 16.3.